The minimum atomic E-state index is -1.13. The number of likely N-dealkylation sites (tertiary alicyclic amines) is 1. The molecule has 1 fully saturated rings. The van der Waals surface area contributed by atoms with E-state index in [4.69, 9.17) is 9.47 Å². The second kappa shape index (κ2) is 6.73. The van der Waals surface area contributed by atoms with Crippen molar-refractivity contribution in [3.05, 3.63) is 52.8 Å². The average Bonchev–Trinajstić information content (AvgIpc) is 2.93. The highest BCUT2D eigenvalue weighted by Crippen LogP contribution is 2.43. The monoisotopic (exact) mass is 401 g/mol. The minimum absolute atomic E-state index is 0.0000564. The van der Waals surface area contributed by atoms with Crippen LogP contribution in [0.4, 0.5) is 4.39 Å². The Labute approximate surface area is 166 Å². The zero-order valence-electron chi connectivity index (χ0n) is 15.9. The number of β-amino-alcohol motifs (C(OH)–C–C–N with tert-alkyl or cyclic N) is 1. The Morgan fingerprint density at radius 1 is 1.24 bits per heavy atom. The molecule has 0 spiro atoms. The molecular weight excluding hydrogens is 381 g/mol. The molecule has 29 heavy (non-hydrogen) atoms. The van der Waals surface area contributed by atoms with Crippen molar-refractivity contribution in [1.82, 2.24) is 4.90 Å². The zero-order valence-corrected chi connectivity index (χ0v) is 15.9. The molecule has 2 aliphatic rings. The van der Waals surface area contributed by atoms with Gasteiger partial charge in [-0.15, -0.1) is 0 Å². The highest BCUT2D eigenvalue weighted by molar-refractivity contribution is 5.95. The molecule has 0 aromatic heterocycles. The Hall–Kier alpha value is -3.13. The SMILES string of the molecule is CC1(C)Cc2c(Oc3ccc(C(=O)N4CC(O)C4)c(F)c3)cc(C(=O)O)cc2O1. The van der Waals surface area contributed by atoms with Gasteiger partial charge in [0, 0.05) is 31.1 Å². The van der Waals surface area contributed by atoms with Crippen LogP contribution in [0.5, 0.6) is 17.2 Å². The molecule has 152 valence electrons. The number of fused-ring (bicyclic) bond motifs is 1. The number of hydrogen-bond acceptors (Lipinski definition) is 5. The van der Waals surface area contributed by atoms with Gasteiger partial charge in [0.05, 0.1) is 17.2 Å². The van der Waals surface area contributed by atoms with Crippen LogP contribution < -0.4 is 9.47 Å². The fraction of sp³-hybridized carbons (Fsp3) is 0.333. The number of carbonyl (C=O) groups excluding carboxylic acids is 1. The summed E-state index contributed by atoms with van der Waals surface area (Å²) in [7, 11) is 0. The van der Waals surface area contributed by atoms with E-state index in [2.05, 4.69) is 0 Å². The van der Waals surface area contributed by atoms with E-state index in [0.717, 1.165) is 6.07 Å². The van der Waals surface area contributed by atoms with Gasteiger partial charge in [0.25, 0.3) is 5.91 Å². The molecule has 1 amide bonds. The molecule has 2 aromatic rings. The number of carbonyl (C=O) groups is 2. The molecular formula is C21H20FNO6. The third-order valence-electron chi connectivity index (χ3n) is 4.95. The van der Waals surface area contributed by atoms with E-state index in [1.165, 1.54) is 29.2 Å². The van der Waals surface area contributed by atoms with Gasteiger partial charge in [-0.25, -0.2) is 9.18 Å². The molecule has 0 unspecified atom stereocenters. The molecule has 0 aliphatic carbocycles. The minimum Gasteiger partial charge on any atom is -0.487 e. The van der Waals surface area contributed by atoms with Crippen molar-refractivity contribution in [2.75, 3.05) is 13.1 Å². The Kier molecular flexibility index (Phi) is 4.46. The van der Waals surface area contributed by atoms with Gasteiger partial charge < -0.3 is 24.6 Å². The molecule has 0 radical (unpaired) electrons. The van der Waals surface area contributed by atoms with Gasteiger partial charge in [0.2, 0.25) is 0 Å². The number of carboxylic acids is 1. The fourth-order valence-corrected chi connectivity index (χ4v) is 3.51. The van der Waals surface area contributed by atoms with E-state index >= 15 is 0 Å². The van der Waals surface area contributed by atoms with E-state index in [1.807, 2.05) is 13.8 Å². The van der Waals surface area contributed by atoms with E-state index in [-0.39, 0.29) is 35.7 Å². The summed E-state index contributed by atoms with van der Waals surface area (Å²) in [6, 6.07) is 6.68. The largest absolute Gasteiger partial charge is 0.487 e. The number of aliphatic hydroxyl groups is 1. The molecule has 4 rings (SSSR count). The third kappa shape index (κ3) is 3.63. The zero-order chi connectivity index (χ0) is 20.9. The smallest absolute Gasteiger partial charge is 0.335 e. The lowest BCUT2D eigenvalue weighted by atomic mass is 10.00. The normalized spacial score (nSPS) is 17.3. The van der Waals surface area contributed by atoms with Gasteiger partial charge >= 0.3 is 5.97 Å². The summed E-state index contributed by atoms with van der Waals surface area (Å²) in [6.45, 7) is 4.12. The maximum atomic E-state index is 14.5. The van der Waals surface area contributed by atoms with E-state index in [0.29, 0.717) is 17.7 Å². The molecule has 2 aromatic carbocycles. The third-order valence-corrected chi connectivity index (χ3v) is 4.95. The van der Waals surface area contributed by atoms with Gasteiger partial charge in [-0.2, -0.15) is 0 Å². The Balaban J connectivity index is 1.62. The highest BCUT2D eigenvalue weighted by atomic mass is 19.1. The quantitative estimate of drug-likeness (QED) is 0.818. The highest BCUT2D eigenvalue weighted by Gasteiger charge is 2.34. The van der Waals surface area contributed by atoms with Crippen molar-refractivity contribution in [2.45, 2.75) is 32.0 Å². The predicted molar refractivity (Wildman–Crippen MR) is 100 cm³/mol. The number of ether oxygens (including phenoxy) is 2. The van der Waals surface area contributed by atoms with E-state index < -0.39 is 29.4 Å². The number of halogens is 1. The van der Waals surface area contributed by atoms with E-state index in [9.17, 15) is 24.2 Å². The molecule has 2 heterocycles. The summed E-state index contributed by atoms with van der Waals surface area (Å²) in [4.78, 5) is 25.0. The maximum absolute atomic E-state index is 14.5. The van der Waals surface area contributed by atoms with Gasteiger partial charge in [0.15, 0.2) is 0 Å². The van der Waals surface area contributed by atoms with Crippen molar-refractivity contribution in [1.29, 1.82) is 0 Å². The number of carboxylic acid groups (broad SMARTS) is 1. The second-order valence-corrected chi connectivity index (χ2v) is 7.90. The summed E-state index contributed by atoms with van der Waals surface area (Å²) in [5.74, 6) is -1.55. The molecule has 2 aliphatic heterocycles. The summed E-state index contributed by atoms with van der Waals surface area (Å²) in [5.41, 5.74) is 0.0781. The van der Waals surface area contributed by atoms with Crippen LogP contribution in [0.15, 0.2) is 30.3 Å². The van der Waals surface area contributed by atoms with Crippen LogP contribution in [0, 0.1) is 5.82 Å². The first-order valence-electron chi connectivity index (χ1n) is 9.17. The van der Waals surface area contributed by atoms with Crippen LogP contribution >= 0.6 is 0 Å². The summed E-state index contributed by atoms with van der Waals surface area (Å²) < 4.78 is 26.1. The van der Waals surface area contributed by atoms with Crippen LogP contribution in [-0.4, -0.2) is 51.8 Å². The van der Waals surface area contributed by atoms with Crippen molar-refractivity contribution >= 4 is 11.9 Å². The number of benzene rings is 2. The summed E-state index contributed by atoms with van der Waals surface area (Å²) in [5, 5.41) is 18.7. The number of nitrogens with zero attached hydrogens (tertiary/aromatic N) is 1. The number of aliphatic hydroxyl groups excluding tert-OH is 1. The lowest BCUT2D eigenvalue weighted by molar-refractivity contribution is 0.00558. The van der Waals surface area contributed by atoms with Crippen molar-refractivity contribution in [2.24, 2.45) is 0 Å². The first-order valence-corrected chi connectivity index (χ1v) is 9.17. The van der Waals surface area contributed by atoms with Crippen LogP contribution in [0.25, 0.3) is 0 Å². The molecule has 8 heteroatoms. The number of amides is 1. The van der Waals surface area contributed by atoms with Gasteiger partial charge in [-0.3, -0.25) is 4.79 Å². The molecule has 1 saturated heterocycles. The van der Waals surface area contributed by atoms with E-state index in [1.54, 1.807) is 0 Å². The Bertz CT molecular complexity index is 1010. The summed E-state index contributed by atoms with van der Waals surface area (Å²) >= 11 is 0. The molecule has 7 nitrogen and oxygen atoms in total. The summed E-state index contributed by atoms with van der Waals surface area (Å²) in [6.07, 6.45) is -0.0619. The van der Waals surface area contributed by atoms with Gasteiger partial charge in [-0.1, -0.05) is 0 Å². The molecule has 0 saturated carbocycles. The maximum Gasteiger partial charge on any atom is 0.335 e. The van der Waals surface area contributed by atoms with Crippen LogP contribution in [0.1, 0.15) is 40.1 Å². The standard InChI is InChI=1S/C21H20FNO6/c1-21(2)8-15-17(5-11(20(26)27)6-18(15)29-21)28-13-3-4-14(16(22)7-13)19(25)23-9-12(24)10-23/h3-7,12,24H,8-10H2,1-2H3,(H,26,27). The Morgan fingerprint density at radius 3 is 2.59 bits per heavy atom. The number of rotatable bonds is 4. The first kappa shape index (κ1) is 19.2. The lowest BCUT2D eigenvalue weighted by Crippen LogP contribution is -2.53. The molecule has 2 N–H and O–H groups in total. The average molecular weight is 401 g/mol. The fourth-order valence-electron chi connectivity index (χ4n) is 3.51. The Morgan fingerprint density at radius 2 is 1.97 bits per heavy atom. The van der Waals surface area contributed by atoms with Crippen molar-refractivity contribution in [3.8, 4) is 17.2 Å². The molecule has 0 bridgehead atoms. The van der Waals surface area contributed by atoms with Gasteiger partial charge in [-0.05, 0) is 38.1 Å². The predicted octanol–water partition coefficient (Wildman–Crippen LogP) is 2.85. The topological polar surface area (TPSA) is 96.3 Å². The lowest BCUT2D eigenvalue weighted by Gasteiger charge is -2.35. The van der Waals surface area contributed by atoms with Crippen LogP contribution in [0.2, 0.25) is 0 Å². The molecule has 0 atom stereocenters. The number of hydrogen-bond donors (Lipinski definition) is 2. The number of aromatic carboxylic acids is 1. The second-order valence-electron chi connectivity index (χ2n) is 7.90. The van der Waals surface area contributed by atoms with Crippen LogP contribution in [-0.2, 0) is 6.42 Å². The van der Waals surface area contributed by atoms with Gasteiger partial charge in [0.1, 0.15) is 28.7 Å². The van der Waals surface area contributed by atoms with Crippen LogP contribution in [0.3, 0.4) is 0 Å². The first-order chi connectivity index (χ1) is 13.6. The van der Waals surface area contributed by atoms with Crippen molar-refractivity contribution in [3.63, 3.8) is 0 Å². The van der Waals surface area contributed by atoms with Crippen molar-refractivity contribution < 1.29 is 33.7 Å².